The molecule has 0 fully saturated rings. The third-order valence-corrected chi connectivity index (χ3v) is 1.73. The average Bonchev–Trinajstić information content (AvgIpc) is 2.07. The molecule has 0 atom stereocenters. The maximum Gasteiger partial charge on any atom is 0.115 e. The van der Waals surface area contributed by atoms with Gasteiger partial charge in [0.05, 0.1) is 0 Å². The number of benzene rings is 1. The largest absolute Gasteiger partial charge is 0.508 e. The minimum Gasteiger partial charge on any atom is -0.508 e. The van der Waals surface area contributed by atoms with Gasteiger partial charge in [0, 0.05) is 0 Å². The Bertz CT molecular complexity index is 244. The summed E-state index contributed by atoms with van der Waals surface area (Å²) in [6, 6.07) is 7.35. The first-order valence-electron chi connectivity index (χ1n) is 4.08. The minimum atomic E-state index is 0.174. The molecule has 1 N–H and O–H groups in total. The number of rotatable bonds is 0. The van der Waals surface area contributed by atoms with E-state index in [4.69, 9.17) is 9.90 Å². The molecule has 0 saturated carbocycles. The van der Waals surface area contributed by atoms with E-state index in [1.54, 1.807) is 12.1 Å². The molecule has 0 radical (unpaired) electrons. The van der Waals surface area contributed by atoms with Gasteiger partial charge in [-0.25, -0.2) is 0 Å². The molecule has 0 bridgehead atoms. The van der Waals surface area contributed by atoms with Crippen LogP contribution in [0.25, 0.3) is 0 Å². The predicted molar refractivity (Wildman–Crippen MR) is 53.9 cm³/mol. The second-order valence-electron chi connectivity index (χ2n) is 3.80. The van der Waals surface area contributed by atoms with Crippen LogP contribution < -0.4 is 0 Å². The molecular formula is C11H16O2. The van der Waals surface area contributed by atoms with Crippen LogP contribution in [0.4, 0.5) is 0 Å². The third kappa shape index (κ3) is 3.74. The molecular weight excluding hydrogens is 164 g/mol. The fourth-order valence-electron chi connectivity index (χ4n) is 0.961. The molecule has 0 aromatic heterocycles. The lowest BCUT2D eigenvalue weighted by Crippen LogP contribution is -2.10. The molecule has 0 unspecified atom stereocenters. The number of hydrogen-bond donors (Lipinski definition) is 1. The van der Waals surface area contributed by atoms with Crippen molar-refractivity contribution in [2.45, 2.75) is 26.2 Å². The first-order chi connectivity index (χ1) is 6.00. The molecule has 0 spiro atoms. The van der Waals surface area contributed by atoms with E-state index in [9.17, 15) is 0 Å². The van der Waals surface area contributed by atoms with Crippen molar-refractivity contribution in [2.24, 2.45) is 0 Å². The second kappa shape index (κ2) is 4.65. The Morgan fingerprint density at radius 3 is 1.77 bits per heavy atom. The highest BCUT2D eigenvalue weighted by atomic mass is 16.3. The number of phenolic OH excluding ortho intramolecular Hbond substituents is 1. The minimum absolute atomic E-state index is 0.174. The summed E-state index contributed by atoms with van der Waals surface area (Å²) in [5.41, 5.74) is 1.42. The standard InChI is InChI=1S/C10H14O.CH2O/c1-10(2,3)8-4-6-9(11)7-5-8;1-2/h4-7,11H,1-3H3;1H2. The van der Waals surface area contributed by atoms with Crippen LogP contribution in [-0.2, 0) is 10.2 Å². The molecule has 0 saturated heterocycles. The number of phenols is 1. The first kappa shape index (κ1) is 11.7. The van der Waals surface area contributed by atoms with Crippen molar-refractivity contribution in [1.82, 2.24) is 0 Å². The summed E-state index contributed by atoms with van der Waals surface area (Å²) in [7, 11) is 0. The highest BCUT2D eigenvalue weighted by Gasteiger charge is 2.12. The van der Waals surface area contributed by atoms with Gasteiger partial charge in [0.1, 0.15) is 12.5 Å². The van der Waals surface area contributed by atoms with E-state index in [0.717, 1.165) is 0 Å². The van der Waals surface area contributed by atoms with E-state index >= 15 is 0 Å². The van der Waals surface area contributed by atoms with Crippen LogP contribution in [-0.4, -0.2) is 11.9 Å². The van der Waals surface area contributed by atoms with Crippen molar-refractivity contribution < 1.29 is 9.90 Å². The molecule has 1 aromatic carbocycles. The van der Waals surface area contributed by atoms with Crippen molar-refractivity contribution in [2.75, 3.05) is 0 Å². The Balaban J connectivity index is 0.000000671. The summed E-state index contributed by atoms with van der Waals surface area (Å²) in [6.45, 7) is 8.46. The summed E-state index contributed by atoms with van der Waals surface area (Å²) in [4.78, 5) is 8.00. The summed E-state index contributed by atoms with van der Waals surface area (Å²) in [5, 5.41) is 9.02. The number of hydrogen-bond acceptors (Lipinski definition) is 2. The Morgan fingerprint density at radius 2 is 1.46 bits per heavy atom. The Hall–Kier alpha value is -1.31. The van der Waals surface area contributed by atoms with E-state index in [1.165, 1.54) is 5.56 Å². The van der Waals surface area contributed by atoms with E-state index in [0.29, 0.717) is 5.75 Å². The van der Waals surface area contributed by atoms with Crippen LogP contribution >= 0.6 is 0 Å². The van der Waals surface area contributed by atoms with Gasteiger partial charge in [-0.1, -0.05) is 32.9 Å². The number of carbonyl (C=O) groups is 1. The molecule has 0 amide bonds. The van der Waals surface area contributed by atoms with E-state index in [1.807, 2.05) is 18.9 Å². The average molecular weight is 180 g/mol. The van der Waals surface area contributed by atoms with Gasteiger partial charge < -0.3 is 9.90 Å². The maximum absolute atomic E-state index is 9.02. The zero-order valence-electron chi connectivity index (χ0n) is 8.37. The topological polar surface area (TPSA) is 37.3 Å². The number of aromatic hydroxyl groups is 1. The summed E-state index contributed by atoms with van der Waals surface area (Å²) >= 11 is 0. The Kier molecular flexibility index (Phi) is 4.18. The fraction of sp³-hybridized carbons (Fsp3) is 0.364. The van der Waals surface area contributed by atoms with Gasteiger partial charge in [-0.2, -0.15) is 0 Å². The SMILES string of the molecule is C=O.CC(C)(C)c1ccc(O)cc1. The van der Waals surface area contributed by atoms with E-state index in [2.05, 4.69) is 20.8 Å². The first-order valence-corrected chi connectivity index (χ1v) is 4.08. The van der Waals surface area contributed by atoms with Crippen molar-refractivity contribution in [1.29, 1.82) is 0 Å². The van der Waals surface area contributed by atoms with Gasteiger partial charge >= 0.3 is 0 Å². The van der Waals surface area contributed by atoms with Crippen LogP contribution in [0, 0.1) is 0 Å². The smallest absolute Gasteiger partial charge is 0.115 e. The summed E-state index contributed by atoms with van der Waals surface area (Å²) in [6.07, 6.45) is 0. The van der Waals surface area contributed by atoms with Crippen LogP contribution in [0.3, 0.4) is 0 Å². The molecule has 0 aliphatic heterocycles. The highest BCUT2D eigenvalue weighted by Crippen LogP contribution is 2.23. The van der Waals surface area contributed by atoms with Crippen LogP contribution in [0.1, 0.15) is 26.3 Å². The van der Waals surface area contributed by atoms with E-state index < -0.39 is 0 Å². The Morgan fingerprint density at radius 1 is 1.08 bits per heavy atom. The molecule has 2 nitrogen and oxygen atoms in total. The summed E-state index contributed by atoms with van der Waals surface area (Å²) < 4.78 is 0. The monoisotopic (exact) mass is 180 g/mol. The van der Waals surface area contributed by atoms with Crippen molar-refractivity contribution in [3.63, 3.8) is 0 Å². The van der Waals surface area contributed by atoms with Gasteiger partial charge in [0.15, 0.2) is 0 Å². The lowest BCUT2D eigenvalue weighted by Gasteiger charge is -2.18. The zero-order chi connectivity index (χ0) is 10.5. The van der Waals surface area contributed by atoms with Crippen LogP contribution in [0.5, 0.6) is 5.75 Å². The van der Waals surface area contributed by atoms with Crippen molar-refractivity contribution in [3.05, 3.63) is 29.8 Å². The van der Waals surface area contributed by atoms with Crippen molar-refractivity contribution >= 4 is 6.79 Å². The van der Waals surface area contributed by atoms with Crippen LogP contribution in [0.15, 0.2) is 24.3 Å². The molecule has 1 aromatic rings. The third-order valence-electron chi connectivity index (χ3n) is 1.73. The van der Waals surface area contributed by atoms with Crippen LogP contribution in [0.2, 0.25) is 0 Å². The van der Waals surface area contributed by atoms with Crippen molar-refractivity contribution in [3.8, 4) is 5.75 Å². The van der Waals surface area contributed by atoms with Gasteiger partial charge in [0.2, 0.25) is 0 Å². The quantitative estimate of drug-likeness (QED) is 0.666. The highest BCUT2D eigenvalue weighted by molar-refractivity contribution is 5.29. The molecule has 0 aliphatic carbocycles. The van der Waals surface area contributed by atoms with Gasteiger partial charge in [-0.3, -0.25) is 0 Å². The van der Waals surface area contributed by atoms with E-state index in [-0.39, 0.29) is 5.41 Å². The molecule has 2 heteroatoms. The fourth-order valence-corrected chi connectivity index (χ4v) is 0.961. The van der Waals surface area contributed by atoms with Gasteiger partial charge in [-0.15, -0.1) is 0 Å². The van der Waals surface area contributed by atoms with Gasteiger partial charge in [-0.05, 0) is 23.1 Å². The lowest BCUT2D eigenvalue weighted by molar-refractivity contribution is -0.0979. The predicted octanol–water partition coefficient (Wildman–Crippen LogP) is 2.50. The summed E-state index contributed by atoms with van der Waals surface area (Å²) in [5.74, 6) is 0.331. The molecule has 0 heterocycles. The second-order valence-corrected chi connectivity index (χ2v) is 3.80. The molecule has 72 valence electrons. The molecule has 13 heavy (non-hydrogen) atoms. The number of carbonyl (C=O) groups excluding carboxylic acids is 1. The lowest BCUT2D eigenvalue weighted by atomic mass is 9.87. The molecule has 0 aliphatic rings. The maximum atomic E-state index is 9.02. The van der Waals surface area contributed by atoms with Gasteiger partial charge in [0.25, 0.3) is 0 Å². The molecule has 1 rings (SSSR count). The Labute approximate surface area is 79.2 Å². The zero-order valence-corrected chi connectivity index (χ0v) is 8.37. The normalized spacial score (nSPS) is 10.1.